The lowest BCUT2D eigenvalue weighted by atomic mass is 10.1. The standard InChI is InChI=1S/C27H29N3O6S/c1-19-15-21(37(33,34)29(2)3)13-14-23(19)35-18-26(31)30-17-25(36-24-12-8-7-11-22(24)30)27(32)28-16-20-9-5-4-6-10-20/h4-15,25H,16-18H2,1-3H3,(H,28,32). The van der Waals surface area contributed by atoms with Gasteiger partial charge in [0.05, 0.1) is 17.1 Å². The highest BCUT2D eigenvalue weighted by atomic mass is 32.2. The van der Waals surface area contributed by atoms with E-state index in [4.69, 9.17) is 9.47 Å². The van der Waals surface area contributed by atoms with Gasteiger partial charge in [-0.1, -0.05) is 42.5 Å². The molecular weight excluding hydrogens is 494 g/mol. The summed E-state index contributed by atoms with van der Waals surface area (Å²) < 4.78 is 37.5. The number of carbonyl (C=O) groups is 2. The molecule has 0 spiro atoms. The van der Waals surface area contributed by atoms with Crippen molar-refractivity contribution in [1.82, 2.24) is 9.62 Å². The zero-order chi connectivity index (χ0) is 26.6. The molecule has 0 radical (unpaired) electrons. The molecule has 1 heterocycles. The maximum absolute atomic E-state index is 13.2. The Balaban J connectivity index is 1.45. The molecule has 0 fully saturated rings. The van der Waals surface area contributed by atoms with Crippen molar-refractivity contribution >= 4 is 27.5 Å². The fourth-order valence-electron chi connectivity index (χ4n) is 3.88. The number of anilines is 1. The molecule has 3 aromatic rings. The first-order chi connectivity index (χ1) is 17.7. The van der Waals surface area contributed by atoms with Gasteiger partial charge in [-0.15, -0.1) is 0 Å². The number of ether oxygens (including phenoxy) is 2. The second kappa shape index (κ2) is 11.0. The molecular formula is C27H29N3O6S. The van der Waals surface area contributed by atoms with Crippen LogP contribution in [0.2, 0.25) is 0 Å². The number of para-hydroxylation sites is 2. The fourth-order valence-corrected chi connectivity index (χ4v) is 4.87. The van der Waals surface area contributed by atoms with Crippen LogP contribution in [0.15, 0.2) is 77.7 Å². The minimum atomic E-state index is -3.58. The maximum Gasteiger partial charge on any atom is 0.265 e. The van der Waals surface area contributed by atoms with E-state index < -0.39 is 16.1 Å². The van der Waals surface area contributed by atoms with E-state index in [9.17, 15) is 18.0 Å². The van der Waals surface area contributed by atoms with Crippen molar-refractivity contribution in [3.63, 3.8) is 0 Å². The lowest BCUT2D eigenvalue weighted by molar-refractivity contribution is -0.128. The summed E-state index contributed by atoms with van der Waals surface area (Å²) in [6.07, 6.45) is -0.889. The van der Waals surface area contributed by atoms with Gasteiger partial charge in [-0.05, 0) is 48.4 Å². The van der Waals surface area contributed by atoms with Gasteiger partial charge in [0.25, 0.3) is 11.8 Å². The highest BCUT2D eigenvalue weighted by molar-refractivity contribution is 7.89. The predicted molar refractivity (Wildman–Crippen MR) is 139 cm³/mol. The number of hydrogen-bond acceptors (Lipinski definition) is 6. The first kappa shape index (κ1) is 26.2. The molecule has 0 saturated carbocycles. The number of sulfonamides is 1. The van der Waals surface area contributed by atoms with Gasteiger partial charge in [-0.3, -0.25) is 9.59 Å². The number of benzene rings is 3. The SMILES string of the molecule is Cc1cc(S(=O)(=O)N(C)C)ccc1OCC(=O)N1CC(C(=O)NCc2ccccc2)Oc2ccccc21. The number of rotatable bonds is 8. The monoisotopic (exact) mass is 523 g/mol. The molecule has 2 amide bonds. The van der Waals surface area contributed by atoms with Crippen LogP contribution in [0.4, 0.5) is 5.69 Å². The topological polar surface area (TPSA) is 105 Å². The van der Waals surface area contributed by atoms with Crippen LogP contribution in [0.25, 0.3) is 0 Å². The van der Waals surface area contributed by atoms with Gasteiger partial charge in [0.1, 0.15) is 11.5 Å². The summed E-state index contributed by atoms with van der Waals surface area (Å²) in [6, 6.07) is 21.0. The lowest BCUT2D eigenvalue weighted by Gasteiger charge is -2.34. The molecule has 0 aliphatic carbocycles. The van der Waals surface area contributed by atoms with E-state index in [1.54, 1.807) is 31.2 Å². The average molecular weight is 524 g/mol. The molecule has 1 aliphatic heterocycles. The molecule has 10 heteroatoms. The maximum atomic E-state index is 13.2. The molecule has 37 heavy (non-hydrogen) atoms. The molecule has 1 N–H and O–H groups in total. The minimum Gasteiger partial charge on any atom is -0.483 e. The predicted octanol–water partition coefficient (Wildman–Crippen LogP) is 2.73. The molecule has 1 aliphatic rings. The van der Waals surface area contributed by atoms with Gasteiger partial charge in [0, 0.05) is 20.6 Å². The zero-order valence-corrected chi connectivity index (χ0v) is 21.7. The van der Waals surface area contributed by atoms with E-state index in [2.05, 4.69) is 5.32 Å². The number of hydrogen-bond donors (Lipinski definition) is 1. The van der Waals surface area contributed by atoms with Crippen molar-refractivity contribution < 1.29 is 27.5 Å². The largest absolute Gasteiger partial charge is 0.483 e. The fraction of sp³-hybridized carbons (Fsp3) is 0.259. The van der Waals surface area contributed by atoms with E-state index in [0.29, 0.717) is 29.3 Å². The summed E-state index contributed by atoms with van der Waals surface area (Å²) in [5.74, 6) is 0.132. The molecule has 0 saturated heterocycles. The molecule has 0 aromatic heterocycles. The molecule has 0 bridgehead atoms. The summed E-state index contributed by atoms with van der Waals surface area (Å²) in [6.45, 7) is 1.79. The van der Waals surface area contributed by atoms with E-state index in [0.717, 1.165) is 9.87 Å². The summed E-state index contributed by atoms with van der Waals surface area (Å²) in [4.78, 5) is 27.7. The number of aryl methyl sites for hydroxylation is 1. The smallest absolute Gasteiger partial charge is 0.265 e. The molecule has 1 atom stereocenters. The van der Waals surface area contributed by atoms with Crippen LogP contribution in [-0.2, 0) is 26.2 Å². The Labute approximate surface area is 216 Å². The van der Waals surface area contributed by atoms with E-state index >= 15 is 0 Å². The minimum absolute atomic E-state index is 0.0266. The third-order valence-corrected chi connectivity index (χ3v) is 7.76. The number of fused-ring (bicyclic) bond motifs is 1. The average Bonchev–Trinajstić information content (AvgIpc) is 2.90. The Hall–Kier alpha value is -3.89. The van der Waals surface area contributed by atoms with Crippen molar-refractivity contribution in [3.8, 4) is 11.5 Å². The third-order valence-electron chi connectivity index (χ3n) is 5.95. The third kappa shape index (κ3) is 5.92. The molecule has 194 valence electrons. The number of carbonyl (C=O) groups excluding carboxylic acids is 2. The van der Waals surface area contributed by atoms with Crippen molar-refractivity contribution in [1.29, 1.82) is 0 Å². The van der Waals surface area contributed by atoms with Crippen LogP contribution in [0.5, 0.6) is 11.5 Å². The molecule has 1 unspecified atom stereocenters. The Morgan fingerprint density at radius 3 is 2.46 bits per heavy atom. The Kier molecular flexibility index (Phi) is 7.80. The van der Waals surface area contributed by atoms with E-state index in [-0.39, 0.29) is 29.9 Å². The lowest BCUT2D eigenvalue weighted by Crippen LogP contribution is -2.51. The van der Waals surface area contributed by atoms with Gasteiger partial charge >= 0.3 is 0 Å². The Morgan fingerprint density at radius 2 is 1.76 bits per heavy atom. The highest BCUT2D eigenvalue weighted by Gasteiger charge is 2.34. The van der Waals surface area contributed by atoms with E-state index in [1.807, 2.05) is 30.3 Å². The highest BCUT2D eigenvalue weighted by Crippen LogP contribution is 2.33. The summed E-state index contributed by atoms with van der Waals surface area (Å²) in [7, 11) is -0.661. The first-order valence-corrected chi connectivity index (χ1v) is 13.1. The van der Waals surface area contributed by atoms with Gasteiger partial charge in [0.2, 0.25) is 10.0 Å². The van der Waals surface area contributed by atoms with Crippen LogP contribution in [0, 0.1) is 6.92 Å². The van der Waals surface area contributed by atoms with Gasteiger partial charge < -0.3 is 19.7 Å². The molecule has 9 nitrogen and oxygen atoms in total. The molecule has 3 aromatic carbocycles. The van der Waals surface area contributed by atoms with Gasteiger partial charge in [0.15, 0.2) is 12.7 Å². The number of nitrogens with one attached hydrogen (secondary N) is 1. The normalized spacial score (nSPS) is 15.0. The number of amides is 2. The van der Waals surface area contributed by atoms with Crippen molar-refractivity contribution in [3.05, 3.63) is 83.9 Å². The second-order valence-corrected chi connectivity index (χ2v) is 10.9. The van der Waals surface area contributed by atoms with Gasteiger partial charge in [-0.25, -0.2) is 12.7 Å². The number of nitrogens with zero attached hydrogens (tertiary/aromatic N) is 2. The zero-order valence-electron chi connectivity index (χ0n) is 20.9. The Morgan fingerprint density at radius 1 is 1.05 bits per heavy atom. The first-order valence-electron chi connectivity index (χ1n) is 11.7. The summed E-state index contributed by atoms with van der Waals surface area (Å²) in [5.41, 5.74) is 2.08. The van der Waals surface area contributed by atoms with Crippen LogP contribution in [0.1, 0.15) is 11.1 Å². The van der Waals surface area contributed by atoms with Crippen molar-refractivity contribution in [2.75, 3.05) is 32.1 Å². The second-order valence-electron chi connectivity index (χ2n) is 8.79. The summed E-state index contributed by atoms with van der Waals surface area (Å²) >= 11 is 0. The molecule has 4 rings (SSSR count). The van der Waals surface area contributed by atoms with E-state index in [1.165, 1.54) is 37.2 Å². The van der Waals surface area contributed by atoms with Crippen LogP contribution >= 0.6 is 0 Å². The van der Waals surface area contributed by atoms with Crippen molar-refractivity contribution in [2.24, 2.45) is 0 Å². The van der Waals surface area contributed by atoms with Crippen molar-refractivity contribution in [2.45, 2.75) is 24.5 Å². The summed E-state index contributed by atoms with van der Waals surface area (Å²) in [5, 5.41) is 2.86. The quantitative estimate of drug-likeness (QED) is 0.487. The van der Waals surface area contributed by atoms with Crippen LogP contribution in [0.3, 0.4) is 0 Å². The Bertz CT molecular complexity index is 1390. The van der Waals surface area contributed by atoms with Gasteiger partial charge in [-0.2, -0.15) is 0 Å². The van der Waals surface area contributed by atoms with Crippen LogP contribution in [-0.4, -0.2) is 57.9 Å². The van der Waals surface area contributed by atoms with Crippen LogP contribution < -0.4 is 19.7 Å².